The van der Waals surface area contributed by atoms with E-state index in [0.29, 0.717) is 6.04 Å². The Morgan fingerprint density at radius 2 is 2.39 bits per heavy atom. The van der Waals surface area contributed by atoms with Crippen molar-refractivity contribution in [2.24, 2.45) is 5.92 Å². The maximum atomic E-state index is 11.3. The molecule has 0 aromatic carbocycles. The highest BCUT2D eigenvalue weighted by Crippen LogP contribution is 2.36. The molecule has 100 valence electrons. The zero-order valence-corrected chi connectivity index (χ0v) is 11.2. The fraction of sp³-hybridized carbons (Fsp3) is 0.643. The van der Waals surface area contributed by atoms with Crippen molar-refractivity contribution in [3.8, 4) is 0 Å². The van der Waals surface area contributed by atoms with Gasteiger partial charge in [0.1, 0.15) is 5.76 Å². The van der Waals surface area contributed by atoms with E-state index in [1.54, 1.807) is 6.07 Å². The largest absolute Gasteiger partial charge is 0.463 e. The van der Waals surface area contributed by atoms with E-state index in [9.17, 15) is 4.79 Å². The van der Waals surface area contributed by atoms with Crippen LogP contribution in [0.4, 0.5) is 0 Å². The predicted octanol–water partition coefficient (Wildman–Crippen LogP) is 2.91. The van der Waals surface area contributed by atoms with Crippen molar-refractivity contribution in [2.75, 3.05) is 7.11 Å². The monoisotopic (exact) mass is 251 g/mol. The Balaban J connectivity index is 1.88. The number of furan rings is 1. The molecule has 4 nitrogen and oxygen atoms in total. The Bertz CT molecular complexity index is 413. The fourth-order valence-electron chi connectivity index (χ4n) is 2.34. The molecule has 1 aromatic rings. The second-order valence-electron chi connectivity index (χ2n) is 4.97. The lowest BCUT2D eigenvalue weighted by atomic mass is 10.2. The van der Waals surface area contributed by atoms with Gasteiger partial charge in [-0.2, -0.15) is 0 Å². The third-order valence-corrected chi connectivity index (χ3v) is 3.49. The molecule has 1 heterocycles. The lowest BCUT2D eigenvalue weighted by Crippen LogP contribution is -2.22. The lowest BCUT2D eigenvalue weighted by Gasteiger charge is -2.10. The highest BCUT2D eigenvalue weighted by molar-refractivity contribution is 5.86. The second-order valence-corrected chi connectivity index (χ2v) is 4.97. The predicted molar refractivity (Wildman–Crippen MR) is 68.4 cm³/mol. The van der Waals surface area contributed by atoms with Crippen LogP contribution in [0.15, 0.2) is 16.5 Å². The van der Waals surface area contributed by atoms with Crippen LogP contribution in [0.5, 0.6) is 0 Å². The molecule has 0 aliphatic heterocycles. The van der Waals surface area contributed by atoms with E-state index in [-0.39, 0.29) is 11.8 Å². The Kier molecular flexibility index (Phi) is 4.07. The third-order valence-electron chi connectivity index (χ3n) is 3.49. The van der Waals surface area contributed by atoms with Crippen molar-refractivity contribution in [1.29, 1.82) is 0 Å². The van der Waals surface area contributed by atoms with Crippen molar-refractivity contribution < 1.29 is 13.9 Å². The zero-order valence-electron chi connectivity index (χ0n) is 11.2. The molecular formula is C14H21NO3. The molecule has 0 radical (unpaired) electrons. The Morgan fingerprint density at radius 1 is 1.61 bits per heavy atom. The van der Waals surface area contributed by atoms with Gasteiger partial charge in [0, 0.05) is 6.04 Å². The van der Waals surface area contributed by atoms with Crippen LogP contribution >= 0.6 is 0 Å². The van der Waals surface area contributed by atoms with Gasteiger partial charge in [-0.25, -0.2) is 4.79 Å². The summed E-state index contributed by atoms with van der Waals surface area (Å²) in [6, 6.07) is 4.23. The van der Waals surface area contributed by atoms with E-state index in [1.807, 2.05) is 6.07 Å². The minimum atomic E-state index is -0.427. The number of rotatable bonds is 6. The van der Waals surface area contributed by atoms with E-state index < -0.39 is 5.97 Å². The van der Waals surface area contributed by atoms with Crippen LogP contribution in [0.3, 0.4) is 0 Å². The molecule has 0 amide bonds. The molecule has 0 bridgehead atoms. The minimum absolute atomic E-state index is 0.135. The van der Waals surface area contributed by atoms with Gasteiger partial charge in [0.2, 0.25) is 5.76 Å². The van der Waals surface area contributed by atoms with Crippen LogP contribution in [-0.4, -0.2) is 19.1 Å². The number of hydrogen-bond donors (Lipinski definition) is 1. The van der Waals surface area contributed by atoms with Crippen molar-refractivity contribution in [1.82, 2.24) is 5.32 Å². The fourth-order valence-corrected chi connectivity index (χ4v) is 2.34. The smallest absolute Gasteiger partial charge is 0.373 e. The van der Waals surface area contributed by atoms with E-state index in [4.69, 9.17) is 4.42 Å². The summed E-state index contributed by atoms with van der Waals surface area (Å²) in [6.07, 6.45) is 3.78. The van der Waals surface area contributed by atoms with E-state index in [0.717, 1.165) is 11.7 Å². The number of methoxy groups -OCH3 is 1. The molecule has 1 saturated carbocycles. The van der Waals surface area contributed by atoms with Gasteiger partial charge in [-0.3, -0.25) is 0 Å². The summed E-state index contributed by atoms with van der Waals surface area (Å²) >= 11 is 0. The standard InChI is InChI=1S/C14H21NO3/c1-4-5-10-8-11(10)15-9(2)12-6-7-13(18-12)14(16)17-3/h6-7,9-11,15H,4-5,8H2,1-3H3. The zero-order chi connectivity index (χ0) is 13.1. The molecular weight excluding hydrogens is 230 g/mol. The third kappa shape index (κ3) is 2.93. The van der Waals surface area contributed by atoms with Crippen LogP contribution in [0.1, 0.15) is 55.5 Å². The SMILES string of the molecule is CCCC1CC1NC(C)c1ccc(C(=O)OC)o1. The number of carbonyl (C=O) groups excluding carboxylic acids is 1. The second kappa shape index (κ2) is 5.57. The molecule has 1 aliphatic carbocycles. The van der Waals surface area contributed by atoms with E-state index in [1.165, 1.54) is 26.4 Å². The number of esters is 1. The summed E-state index contributed by atoms with van der Waals surface area (Å²) in [4.78, 5) is 11.3. The van der Waals surface area contributed by atoms with Crippen LogP contribution in [0, 0.1) is 5.92 Å². The van der Waals surface area contributed by atoms with E-state index in [2.05, 4.69) is 23.9 Å². The first-order valence-electron chi connectivity index (χ1n) is 6.59. The molecule has 4 heteroatoms. The molecule has 2 rings (SSSR count). The van der Waals surface area contributed by atoms with Crippen LogP contribution in [0.2, 0.25) is 0 Å². The first-order valence-corrected chi connectivity index (χ1v) is 6.59. The maximum absolute atomic E-state index is 11.3. The molecule has 0 spiro atoms. The first-order chi connectivity index (χ1) is 8.65. The van der Waals surface area contributed by atoms with Gasteiger partial charge in [-0.15, -0.1) is 0 Å². The molecule has 18 heavy (non-hydrogen) atoms. The topological polar surface area (TPSA) is 51.5 Å². The van der Waals surface area contributed by atoms with E-state index >= 15 is 0 Å². The molecule has 1 aromatic heterocycles. The molecule has 1 N–H and O–H groups in total. The normalized spacial score (nSPS) is 23.7. The summed E-state index contributed by atoms with van der Waals surface area (Å²) in [7, 11) is 1.35. The number of nitrogens with one attached hydrogen (secondary N) is 1. The molecule has 3 unspecified atom stereocenters. The summed E-state index contributed by atoms with van der Waals surface area (Å²) < 4.78 is 10.1. The number of ether oxygens (including phenoxy) is 1. The van der Waals surface area contributed by atoms with Gasteiger partial charge in [0.15, 0.2) is 0 Å². The molecule has 1 aliphatic rings. The van der Waals surface area contributed by atoms with Crippen LogP contribution < -0.4 is 5.32 Å². The van der Waals surface area contributed by atoms with Crippen molar-refractivity contribution in [3.63, 3.8) is 0 Å². The summed E-state index contributed by atoms with van der Waals surface area (Å²) in [5, 5.41) is 3.53. The van der Waals surface area contributed by atoms with Crippen molar-refractivity contribution in [2.45, 2.75) is 45.2 Å². The van der Waals surface area contributed by atoms with Gasteiger partial charge in [0.05, 0.1) is 13.2 Å². The first kappa shape index (κ1) is 13.1. The molecule has 3 atom stereocenters. The maximum Gasteiger partial charge on any atom is 0.373 e. The average Bonchev–Trinajstić information content (AvgIpc) is 2.92. The Labute approximate surface area is 108 Å². The van der Waals surface area contributed by atoms with Gasteiger partial charge in [-0.1, -0.05) is 13.3 Å². The van der Waals surface area contributed by atoms with Gasteiger partial charge in [-0.05, 0) is 37.8 Å². The Hall–Kier alpha value is -1.29. The lowest BCUT2D eigenvalue weighted by molar-refractivity contribution is 0.0562. The highest BCUT2D eigenvalue weighted by Gasteiger charge is 2.37. The number of hydrogen-bond acceptors (Lipinski definition) is 4. The molecule has 1 fully saturated rings. The Morgan fingerprint density at radius 3 is 3.06 bits per heavy atom. The molecule has 0 saturated heterocycles. The van der Waals surface area contributed by atoms with Gasteiger partial charge >= 0.3 is 5.97 Å². The quantitative estimate of drug-likeness (QED) is 0.790. The van der Waals surface area contributed by atoms with Crippen LogP contribution in [-0.2, 0) is 4.74 Å². The highest BCUT2D eigenvalue weighted by atomic mass is 16.5. The van der Waals surface area contributed by atoms with Crippen molar-refractivity contribution >= 4 is 5.97 Å². The van der Waals surface area contributed by atoms with Crippen LogP contribution in [0.25, 0.3) is 0 Å². The summed E-state index contributed by atoms with van der Waals surface area (Å²) in [5.41, 5.74) is 0. The van der Waals surface area contributed by atoms with Gasteiger partial charge < -0.3 is 14.5 Å². The summed E-state index contributed by atoms with van der Waals surface area (Å²) in [6.45, 7) is 4.27. The summed E-state index contributed by atoms with van der Waals surface area (Å²) in [5.74, 6) is 1.44. The minimum Gasteiger partial charge on any atom is -0.463 e. The number of carbonyl (C=O) groups is 1. The van der Waals surface area contributed by atoms with Crippen molar-refractivity contribution in [3.05, 3.63) is 23.7 Å². The average molecular weight is 251 g/mol. The van der Waals surface area contributed by atoms with Gasteiger partial charge in [0.25, 0.3) is 0 Å².